The van der Waals surface area contributed by atoms with Crippen LogP contribution in [-0.2, 0) is 19.4 Å². The van der Waals surface area contributed by atoms with Crippen LogP contribution in [0.1, 0.15) is 77.5 Å². The summed E-state index contributed by atoms with van der Waals surface area (Å²) in [5, 5.41) is 2.99. The molecule has 3 aromatic rings. The standard InChI is InChI=1S/C23H28N4O2/c1-4-8-17-21(15(3)28)14(2)24-22(17)23(29)25-16-10-11-19-18(13-16)26-20-9-6-5-7-12-27(19)20/h10-11,13,24H,4-9,12H2,1-3H3,(H,25,29). The predicted molar refractivity (Wildman–Crippen MR) is 115 cm³/mol. The molecule has 0 saturated carbocycles. The molecule has 6 heteroatoms. The smallest absolute Gasteiger partial charge is 0.272 e. The molecule has 0 atom stereocenters. The summed E-state index contributed by atoms with van der Waals surface area (Å²) >= 11 is 0. The quantitative estimate of drug-likeness (QED) is 0.612. The monoisotopic (exact) mass is 392 g/mol. The molecule has 0 fully saturated rings. The summed E-state index contributed by atoms with van der Waals surface area (Å²) in [7, 11) is 0. The largest absolute Gasteiger partial charge is 0.354 e. The van der Waals surface area contributed by atoms with Crippen molar-refractivity contribution in [2.45, 2.75) is 65.8 Å². The first-order valence-electron chi connectivity index (χ1n) is 10.5. The van der Waals surface area contributed by atoms with Crippen LogP contribution >= 0.6 is 0 Å². The Morgan fingerprint density at radius 1 is 1.24 bits per heavy atom. The lowest BCUT2D eigenvalue weighted by atomic mass is 10.0. The molecule has 0 radical (unpaired) electrons. The van der Waals surface area contributed by atoms with Gasteiger partial charge in [0.15, 0.2) is 5.78 Å². The molecule has 1 aliphatic rings. The number of amides is 1. The number of imidazole rings is 1. The molecule has 1 aromatic carbocycles. The summed E-state index contributed by atoms with van der Waals surface area (Å²) in [6.45, 7) is 6.45. The molecule has 152 valence electrons. The average molecular weight is 393 g/mol. The maximum absolute atomic E-state index is 13.0. The normalized spacial score (nSPS) is 13.9. The van der Waals surface area contributed by atoms with E-state index in [0.717, 1.165) is 53.2 Å². The molecule has 1 amide bonds. The summed E-state index contributed by atoms with van der Waals surface area (Å²) in [4.78, 5) is 33.0. The summed E-state index contributed by atoms with van der Waals surface area (Å²) in [6.07, 6.45) is 6.17. The number of Topliss-reactive ketones (excluding diaryl/α,β-unsaturated/α-hetero) is 1. The first-order chi connectivity index (χ1) is 14.0. The Kier molecular flexibility index (Phi) is 5.26. The van der Waals surface area contributed by atoms with Crippen molar-refractivity contribution in [1.29, 1.82) is 0 Å². The van der Waals surface area contributed by atoms with Crippen LogP contribution in [0.3, 0.4) is 0 Å². The van der Waals surface area contributed by atoms with E-state index >= 15 is 0 Å². The Morgan fingerprint density at radius 2 is 2.07 bits per heavy atom. The molecule has 2 aromatic heterocycles. The lowest BCUT2D eigenvalue weighted by Crippen LogP contribution is -2.15. The van der Waals surface area contributed by atoms with Crippen molar-refractivity contribution in [3.8, 4) is 0 Å². The zero-order valence-electron chi connectivity index (χ0n) is 17.4. The van der Waals surface area contributed by atoms with E-state index in [1.54, 1.807) is 6.92 Å². The molecule has 0 unspecified atom stereocenters. The van der Waals surface area contributed by atoms with Crippen molar-refractivity contribution in [2.75, 3.05) is 5.32 Å². The van der Waals surface area contributed by atoms with Gasteiger partial charge in [-0.3, -0.25) is 9.59 Å². The minimum atomic E-state index is -0.218. The van der Waals surface area contributed by atoms with Crippen molar-refractivity contribution >= 4 is 28.4 Å². The van der Waals surface area contributed by atoms with Crippen LogP contribution in [0.15, 0.2) is 18.2 Å². The van der Waals surface area contributed by atoms with E-state index in [-0.39, 0.29) is 11.7 Å². The fraction of sp³-hybridized carbons (Fsp3) is 0.435. The number of anilines is 1. The summed E-state index contributed by atoms with van der Waals surface area (Å²) < 4.78 is 2.31. The average Bonchev–Trinajstić information content (AvgIpc) is 3.09. The molecule has 0 saturated heterocycles. The van der Waals surface area contributed by atoms with Crippen molar-refractivity contribution in [3.05, 3.63) is 46.5 Å². The van der Waals surface area contributed by atoms with Gasteiger partial charge in [0.25, 0.3) is 5.91 Å². The third-order valence-electron chi connectivity index (χ3n) is 5.74. The van der Waals surface area contributed by atoms with Crippen molar-refractivity contribution < 1.29 is 9.59 Å². The van der Waals surface area contributed by atoms with Crippen LogP contribution in [0.4, 0.5) is 5.69 Å². The van der Waals surface area contributed by atoms with Gasteiger partial charge in [-0.25, -0.2) is 4.98 Å². The summed E-state index contributed by atoms with van der Waals surface area (Å²) in [5.74, 6) is 0.906. The highest BCUT2D eigenvalue weighted by Crippen LogP contribution is 2.26. The Hall–Kier alpha value is -2.89. The minimum Gasteiger partial charge on any atom is -0.354 e. The Labute approximate surface area is 170 Å². The number of aromatic amines is 1. The number of ketones is 1. The number of nitrogens with one attached hydrogen (secondary N) is 2. The van der Waals surface area contributed by atoms with E-state index < -0.39 is 0 Å². The highest BCUT2D eigenvalue weighted by molar-refractivity contribution is 6.08. The van der Waals surface area contributed by atoms with Gasteiger partial charge in [-0.15, -0.1) is 0 Å². The number of carbonyl (C=O) groups excluding carboxylic acids is 2. The number of carbonyl (C=O) groups is 2. The van der Waals surface area contributed by atoms with E-state index in [1.165, 1.54) is 19.3 Å². The molecule has 0 aliphatic carbocycles. The maximum atomic E-state index is 13.0. The number of fused-ring (bicyclic) bond motifs is 3. The number of hydrogen-bond donors (Lipinski definition) is 2. The fourth-order valence-electron chi connectivity index (χ4n) is 4.47. The second-order valence-electron chi connectivity index (χ2n) is 7.93. The van der Waals surface area contributed by atoms with Gasteiger partial charge in [0.1, 0.15) is 11.5 Å². The molecule has 29 heavy (non-hydrogen) atoms. The van der Waals surface area contributed by atoms with Gasteiger partial charge in [0.2, 0.25) is 0 Å². The first kappa shape index (κ1) is 19.4. The van der Waals surface area contributed by atoms with Gasteiger partial charge >= 0.3 is 0 Å². The highest BCUT2D eigenvalue weighted by atomic mass is 16.2. The summed E-state index contributed by atoms with van der Waals surface area (Å²) in [5.41, 5.74) is 5.45. The van der Waals surface area contributed by atoms with E-state index in [1.807, 2.05) is 32.0 Å². The number of aryl methyl sites for hydroxylation is 3. The van der Waals surface area contributed by atoms with Crippen LogP contribution < -0.4 is 5.32 Å². The number of benzene rings is 1. The third-order valence-corrected chi connectivity index (χ3v) is 5.74. The van der Waals surface area contributed by atoms with E-state index in [4.69, 9.17) is 4.98 Å². The van der Waals surface area contributed by atoms with Crippen LogP contribution in [0, 0.1) is 6.92 Å². The molecule has 3 heterocycles. The molecular formula is C23H28N4O2. The Morgan fingerprint density at radius 3 is 2.83 bits per heavy atom. The Balaban J connectivity index is 1.64. The topological polar surface area (TPSA) is 79.8 Å². The predicted octanol–water partition coefficient (Wildman–Crippen LogP) is 4.81. The van der Waals surface area contributed by atoms with Gasteiger partial charge in [-0.2, -0.15) is 0 Å². The molecule has 2 N–H and O–H groups in total. The van der Waals surface area contributed by atoms with E-state index in [2.05, 4.69) is 14.9 Å². The second-order valence-corrected chi connectivity index (χ2v) is 7.93. The first-order valence-corrected chi connectivity index (χ1v) is 10.5. The van der Waals surface area contributed by atoms with Gasteiger partial charge in [-0.05, 0) is 56.9 Å². The summed E-state index contributed by atoms with van der Waals surface area (Å²) in [6, 6.07) is 5.91. The van der Waals surface area contributed by atoms with Gasteiger partial charge < -0.3 is 14.9 Å². The Bertz CT molecular complexity index is 1090. The molecule has 1 aliphatic heterocycles. The van der Waals surface area contributed by atoms with Crippen LogP contribution in [0.5, 0.6) is 0 Å². The zero-order valence-corrected chi connectivity index (χ0v) is 17.4. The van der Waals surface area contributed by atoms with Crippen LogP contribution in [0.2, 0.25) is 0 Å². The highest BCUT2D eigenvalue weighted by Gasteiger charge is 2.22. The molecule has 0 bridgehead atoms. The number of hydrogen-bond acceptors (Lipinski definition) is 3. The number of rotatable bonds is 5. The number of H-pyrrole nitrogens is 1. The van der Waals surface area contributed by atoms with Gasteiger partial charge in [-0.1, -0.05) is 19.8 Å². The van der Waals surface area contributed by atoms with Crippen molar-refractivity contribution in [1.82, 2.24) is 14.5 Å². The lowest BCUT2D eigenvalue weighted by molar-refractivity contribution is 0.101. The molecule has 0 spiro atoms. The SMILES string of the molecule is CCCc1c(C(=O)Nc2ccc3c(c2)nc2n3CCCCC2)[nH]c(C)c1C(C)=O. The van der Waals surface area contributed by atoms with Crippen LogP contribution in [-0.4, -0.2) is 26.2 Å². The lowest BCUT2D eigenvalue weighted by Gasteiger charge is -2.08. The van der Waals surface area contributed by atoms with Gasteiger partial charge in [0.05, 0.1) is 11.0 Å². The second kappa shape index (κ2) is 7.85. The van der Waals surface area contributed by atoms with Crippen molar-refractivity contribution in [3.63, 3.8) is 0 Å². The zero-order chi connectivity index (χ0) is 20.5. The number of nitrogens with zero attached hydrogens (tertiary/aromatic N) is 2. The van der Waals surface area contributed by atoms with Crippen LogP contribution in [0.25, 0.3) is 11.0 Å². The fourth-order valence-corrected chi connectivity index (χ4v) is 4.47. The molecule has 6 nitrogen and oxygen atoms in total. The molecule has 4 rings (SSSR count). The molecular weight excluding hydrogens is 364 g/mol. The van der Waals surface area contributed by atoms with Gasteiger partial charge in [0, 0.05) is 29.9 Å². The van der Waals surface area contributed by atoms with Crippen molar-refractivity contribution in [2.24, 2.45) is 0 Å². The number of aromatic nitrogens is 3. The minimum absolute atomic E-state index is 0.0119. The van der Waals surface area contributed by atoms with E-state index in [9.17, 15) is 9.59 Å². The third kappa shape index (κ3) is 3.59. The van der Waals surface area contributed by atoms with E-state index in [0.29, 0.717) is 17.7 Å². The maximum Gasteiger partial charge on any atom is 0.272 e.